The summed E-state index contributed by atoms with van der Waals surface area (Å²) in [6.45, 7) is 6.43. The molecule has 446 valence electrons. The minimum Gasteiger partial charge on any atom is -0.462 e. The fourth-order valence-electron chi connectivity index (χ4n) is 8.45. The molecule has 0 aliphatic carbocycles. The molecule has 0 amide bonds. The zero-order valence-corrected chi connectivity index (χ0v) is 51.1. The molecule has 0 spiro atoms. The summed E-state index contributed by atoms with van der Waals surface area (Å²) in [5.41, 5.74) is 0. The van der Waals surface area contributed by atoms with Gasteiger partial charge in [-0.05, 0) is 141 Å². The first-order chi connectivity index (χ1) is 39.0. The number of esters is 3. The van der Waals surface area contributed by atoms with Gasteiger partial charge in [-0.25, -0.2) is 0 Å². The summed E-state index contributed by atoms with van der Waals surface area (Å²) in [7, 11) is 0. The van der Waals surface area contributed by atoms with E-state index in [9.17, 15) is 14.4 Å². The monoisotopic (exact) mass is 1090 g/mol. The number of rotatable bonds is 57. The van der Waals surface area contributed by atoms with Crippen LogP contribution in [0, 0.1) is 0 Å². The molecule has 0 fully saturated rings. The van der Waals surface area contributed by atoms with Gasteiger partial charge in [0.15, 0.2) is 6.10 Å². The van der Waals surface area contributed by atoms with Crippen LogP contribution >= 0.6 is 0 Å². The Labute approximate surface area is 487 Å². The fraction of sp³-hybridized carbons (Fsp3) is 0.630. The zero-order valence-electron chi connectivity index (χ0n) is 51.1. The fourth-order valence-corrected chi connectivity index (χ4v) is 8.45. The SMILES string of the molecule is CC/C=C\C/C=C\C/C=C\C/C=C\C/C=C\C/C=C\C/C=C\C/C=C\C/C=C\CCCCCCCCCC(=O)OCC(COC(=O)CCCCCCC/C=C\CCCCC)OC(=O)CCCCCCC/C=C\C/C=C\CCCC. The Balaban J connectivity index is 4.26. The third-order valence-electron chi connectivity index (χ3n) is 13.3. The maximum atomic E-state index is 12.9. The number of ether oxygens (including phenoxy) is 3. The number of hydrogen-bond acceptors (Lipinski definition) is 6. The minimum atomic E-state index is -0.798. The van der Waals surface area contributed by atoms with Crippen molar-refractivity contribution in [3.05, 3.63) is 146 Å². The summed E-state index contributed by atoms with van der Waals surface area (Å²) in [6.07, 6.45) is 94.3. The topological polar surface area (TPSA) is 78.9 Å². The predicted octanol–water partition coefficient (Wildman–Crippen LogP) is 22.3. The van der Waals surface area contributed by atoms with E-state index in [2.05, 4.69) is 167 Å². The number of unbranched alkanes of at least 4 members (excludes halogenated alkanes) is 22. The van der Waals surface area contributed by atoms with Crippen LogP contribution in [0.1, 0.15) is 278 Å². The number of allylic oxidation sites excluding steroid dienone is 24. The van der Waals surface area contributed by atoms with E-state index in [1.165, 1.54) is 77.0 Å². The molecular formula is C73H118O6. The number of hydrogen-bond donors (Lipinski definition) is 0. The Kier molecular flexibility index (Phi) is 61.9. The van der Waals surface area contributed by atoms with E-state index in [-0.39, 0.29) is 31.1 Å². The lowest BCUT2D eigenvalue weighted by atomic mass is 10.1. The van der Waals surface area contributed by atoms with Gasteiger partial charge in [0.25, 0.3) is 0 Å². The lowest BCUT2D eigenvalue weighted by Gasteiger charge is -2.18. The summed E-state index contributed by atoms with van der Waals surface area (Å²) in [5, 5.41) is 0. The first-order valence-corrected chi connectivity index (χ1v) is 32.3. The van der Waals surface area contributed by atoms with Gasteiger partial charge in [0, 0.05) is 19.3 Å². The van der Waals surface area contributed by atoms with Crippen LogP contribution in [0.5, 0.6) is 0 Å². The quantitative estimate of drug-likeness (QED) is 0.0261. The van der Waals surface area contributed by atoms with Crippen molar-refractivity contribution in [1.82, 2.24) is 0 Å². The highest BCUT2D eigenvalue weighted by atomic mass is 16.6. The largest absolute Gasteiger partial charge is 0.462 e. The van der Waals surface area contributed by atoms with Crippen molar-refractivity contribution in [1.29, 1.82) is 0 Å². The molecule has 0 heterocycles. The standard InChI is InChI=1S/C73H118O6/c1-4-7-10-13-16-19-22-25-27-28-29-30-31-32-33-34-35-36-37-38-39-40-41-42-43-44-45-46-47-49-51-54-57-60-63-66-72(75)78-69-70(68-77-71(74)65-62-59-56-53-50-24-21-18-15-12-9-6-3)79-73(76)67-64-61-58-55-52-48-26-23-20-17-14-11-8-5-2/h7,10,14,16-19,21,23,25-27,29-30,32-33,35-36,38-39,41-42,44-45,70H,4-6,8-9,11-13,15,20,22,24,28,31,34,37,40,43,46-69H2,1-3H3/b10-7-,17-14-,19-16-,21-18-,26-23-,27-25-,30-29-,33-32-,36-35-,39-38-,42-41-,45-44-. The smallest absolute Gasteiger partial charge is 0.306 e. The Bertz CT molecular complexity index is 1730. The van der Waals surface area contributed by atoms with Crippen molar-refractivity contribution in [3.8, 4) is 0 Å². The van der Waals surface area contributed by atoms with Crippen LogP contribution in [-0.2, 0) is 28.6 Å². The van der Waals surface area contributed by atoms with E-state index in [1.807, 2.05) is 0 Å². The molecule has 0 aromatic heterocycles. The molecule has 1 atom stereocenters. The molecule has 0 aromatic carbocycles. The van der Waals surface area contributed by atoms with Crippen LogP contribution in [-0.4, -0.2) is 37.2 Å². The van der Waals surface area contributed by atoms with Crippen LogP contribution in [0.15, 0.2) is 146 Å². The zero-order chi connectivity index (χ0) is 57.1. The number of carbonyl (C=O) groups excluding carboxylic acids is 3. The van der Waals surface area contributed by atoms with Crippen LogP contribution in [0.2, 0.25) is 0 Å². The lowest BCUT2D eigenvalue weighted by Crippen LogP contribution is -2.30. The maximum absolute atomic E-state index is 12.9. The van der Waals surface area contributed by atoms with Crippen molar-refractivity contribution in [2.24, 2.45) is 0 Å². The van der Waals surface area contributed by atoms with Gasteiger partial charge < -0.3 is 14.2 Å². The summed E-state index contributed by atoms with van der Waals surface area (Å²) in [4.78, 5) is 38.2. The van der Waals surface area contributed by atoms with E-state index >= 15 is 0 Å². The molecule has 0 N–H and O–H groups in total. The highest BCUT2D eigenvalue weighted by molar-refractivity contribution is 5.71. The third-order valence-corrected chi connectivity index (χ3v) is 13.3. The summed E-state index contributed by atoms with van der Waals surface area (Å²) in [6, 6.07) is 0. The van der Waals surface area contributed by atoms with Gasteiger partial charge in [0.1, 0.15) is 13.2 Å². The average molecular weight is 1090 g/mol. The second-order valence-electron chi connectivity index (χ2n) is 20.9. The highest BCUT2D eigenvalue weighted by Crippen LogP contribution is 2.14. The van der Waals surface area contributed by atoms with Crippen LogP contribution < -0.4 is 0 Å². The predicted molar refractivity (Wildman–Crippen MR) is 343 cm³/mol. The second kappa shape index (κ2) is 65.8. The Hall–Kier alpha value is -4.71. The molecular weight excluding hydrogens is 973 g/mol. The lowest BCUT2D eigenvalue weighted by molar-refractivity contribution is -0.167. The molecule has 0 rings (SSSR count). The maximum Gasteiger partial charge on any atom is 0.306 e. The molecule has 0 aliphatic rings. The second-order valence-corrected chi connectivity index (χ2v) is 20.9. The van der Waals surface area contributed by atoms with Crippen molar-refractivity contribution in [2.75, 3.05) is 13.2 Å². The molecule has 0 aromatic rings. The first kappa shape index (κ1) is 74.3. The Morgan fingerprint density at radius 1 is 0.266 bits per heavy atom. The minimum absolute atomic E-state index is 0.0948. The average Bonchev–Trinajstić information content (AvgIpc) is 3.45. The van der Waals surface area contributed by atoms with Crippen molar-refractivity contribution in [2.45, 2.75) is 284 Å². The first-order valence-electron chi connectivity index (χ1n) is 32.3. The summed E-state index contributed by atoms with van der Waals surface area (Å²) >= 11 is 0. The van der Waals surface area contributed by atoms with Crippen molar-refractivity contribution in [3.63, 3.8) is 0 Å². The molecule has 0 bridgehead atoms. The van der Waals surface area contributed by atoms with Gasteiger partial charge in [0.05, 0.1) is 0 Å². The summed E-state index contributed by atoms with van der Waals surface area (Å²) in [5.74, 6) is -0.931. The van der Waals surface area contributed by atoms with Crippen LogP contribution in [0.4, 0.5) is 0 Å². The van der Waals surface area contributed by atoms with Gasteiger partial charge >= 0.3 is 17.9 Å². The van der Waals surface area contributed by atoms with Crippen molar-refractivity contribution < 1.29 is 28.6 Å². The molecule has 79 heavy (non-hydrogen) atoms. The normalized spacial score (nSPS) is 13.1. The van der Waals surface area contributed by atoms with E-state index in [4.69, 9.17) is 14.2 Å². The molecule has 0 radical (unpaired) electrons. The van der Waals surface area contributed by atoms with Gasteiger partial charge in [-0.2, -0.15) is 0 Å². The molecule has 6 heteroatoms. The van der Waals surface area contributed by atoms with Gasteiger partial charge in [-0.1, -0.05) is 263 Å². The van der Waals surface area contributed by atoms with E-state index < -0.39 is 6.10 Å². The van der Waals surface area contributed by atoms with Crippen molar-refractivity contribution >= 4 is 17.9 Å². The van der Waals surface area contributed by atoms with Gasteiger partial charge in [0.2, 0.25) is 0 Å². The summed E-state index contributed by atoms with van der Waals surface area (Å²) < 4.78 is 16.9. The van der Waals surface area contributed by atoms with E-state index in [0.29, 0.717) is 19.3 Å². The van der Waals surface area contributed by atoms with E-state index in [0.717, 1.165) is 161 Å². The van der Waals surface area contributed by atoms with Gasteiger partial charge in [-0.3, -0.25) is 14.4 Å². The molecule has 0 aliphatic heterocycles. The number of carbonyl (C=O) groups is 3. The Morgan fingerprint density at radius 2 is 0.506 bits per heavy atom. The molecule has 0 saturated heterocycles. The molecule has 1 unspecified atom stereocenters. The molecule has 6 nitrogen and oxygen atoms in total. The van der Waals surface area contributed by atoms with Crippen LogP contribution in [0.3, 0.4) is 0 Å². The van der Waals surface area contributed by atoms with Gasteiger partial charge in [-0.15, -0.1) is 0 Å². The molecule has 0 saturated carbocycles. The Morgan fingerprint density at radius 3 is 0.823 bits per heavy atom. The van der Waals surface area contributed by atoms with Crippen LogP contribution in [0.25, 0.3) is 0 Å². The third kappa shape index (κ3) is 64.0. The van der Waals surface area contributed by atoms with E-state index in [1.54, 1.807) is 0 Å². The highest BCUT2D eigenvalue weighted by Gasteiger charge is 2.19.